The van der Waals surface area contributed by atoms with Crippen molar-refractivity contribution in [1.29, 1.82) is 0 Å². The number of nitrogens with one attached hydrogen (secondary N) is 1. The summed E-state index contributed by atoms with van der Waals surface area (Å²) in [6.45, 7) is 1.79. The minimum absolute atomic E-state index is 0.145. The third kappa shape index (κ3) is 4.30. The van der Waals surface area contributed by atoms with Gasteiger partial charge in [0.25, 0.3) is 11.4 Å². The Morgan fingerprint density at radius 2 is 1.97 bits per heavy atom. The highest BCUT2D eigenvalue weighted by atomic mass is 16.5. The van der Waals surface area contributed by atoms with Crippen LogP contribution < -0.4 is 10.9 Å². The van der Waals surface area contributed by atoms with E-state index in [-0.39, 0.29) is 18.3 Å². The van der Waals surface area contributed by atoms with Crippen LogP contribution in [0.15, 0.2) is 70.2 Å². The van der Waals surface area contributed by atoms with E-state index in [0.717, 1.165) is 22.2 Å². The summed E-state index contributed by atoms with van der Waals surface area (Å²) < 4.78 is 6.33. The normalized spacial score (nSPS) is 10.7. The fourth-order valence-electron chi connectivity index (χ4n) is 2.83. The number of aromatic nitrogens is 5. The van der Waals surface area contributed by atoms with Gasteiger partial charge in [0, 0.05) is 29.7 Å². The lowest BCUT2D eigenvalue weighted by molar-refractivity contribution is -0.117. The van der Waals surface area contributed by atoms with Gasteiger partial charge in [-0.3, -0.25) is 14.6 Å². The minimum atomic E-state index is -0.412. The summed E-state index contributed by atoms with van der Waals surface area (Å²) in [6, 6.07) is 13.8. The third-order valence-electron chi connectivity index (χ3n) is 4.36. The number of amides is 1. The fraction of sp³-hybridized carbons (Fsp3) is 0.143. The van der Waals surface area contributed by atoms with E-state index >= 15 is 0 Å². The first kappa shape index (κ1) is 19.2. The Kier molecular flexibility index (Phi) is 5.42. The van der Waals surface area contributed by atoms with Crippen LogP contribution in [0.2, 0.25) is 0 Å². The number of aryl methyl sites for hydroxylation is 1. The molecule has 3 heterocycles. The highest BCUT2D eigenvalue weighted by Crippen LogP contribution is 2.19. The molecule has 0 atom stereocenters. The van der Waals surface area contributed by atoms with Crippen molar-refractivity contribution >= 4 is 11.6 Å². The molecule has 1 aromatic carbocycles. The topological polar surface area (TPSA) is 116 Å². The van der Waals surface area contributed by atoms with Gasteiger partial charge in [-0.2, -0.15) is 10.1 Å². The Morgan fingerprint density at radius 3 is 2.77 bits per heavy atom. The monoisotopic (exact) mass is 402 g/mol. The van der Waals surface area contributed by atoms with E-state index in [4.69, 9.17) is 4.52 Å². The lowest BCUT2D eigenvalue weighted by atomic mass is 10.1. The number of nitrogens with zero attached hydrogens (tertiary/aromatic N) is 5. The molecule has 9 nitrogen and oxygen atoms in total. The van der Waals surface area contributed by atoms with E-state index in [0.29, 0.717) is 17.2 Å². The van der Waals surface area contributed by atoms with Crippen LogP contribution in [-0.4, -0.2) is 30.8 Å². The lowest BCUT2D eigenvalue weighted by Gasteiger charge is -2.08. The molecule has 1 N–H and O–H groups in total. The number of rotatable bonds is 6. The average molecular weight is 402 g/mol. The van der Waals surface area contributed by atoms with Gasteiger partial charge < -0.3 is 9.84 Å². The molecule has 0 fully saturated rings. The Hall–Kier alpha value is -4.14. The van der Waals surface area contributed by atoms with E-state index in [9.17, 15) is 9.59 Å². The molecular weight excluding hydrogens is 384 g/mol. The second-order valence-electron chi connectivity index (χ2n) is 6.48. The molecular formula is C21H18N6O3. The van der Waals surface area contributed by atoms with Crippen LogP contribution in [0.5, 0.6) is 0 Å². The van der Waals surface area contributed by atoms with Gasteiger partial charge in [-0.05, 0) is 42.3 Å². The first-order valence-electron chi connectivity index (χ1n) is 9.34. The summed E-state index contributed by atoms with van der Waals surface area (Å²) in [4.78, 5) is 32.8. The fourth-order valence-corrected chi connectivity index (χ4v) is 2.83. The summed E-state index contributed by atoms with van der Waals surface area (Å²) in [5.74, 6) is 0.158. The number of carbonyl (C=O) groups excluding carboxylic acids is 1. The molecule has 0 aliphatic heterocycles. The quantitative estimate of drug-likeness (QED) is 0.527. The summed E-state index contributed by atoms with van der Waals surface area (Å²) in [6.07, 6.45) is 4.11. The van der Waals surface area contributed by atoms with Gasteiger partial charge in [0.2, 0.25) is 11.7 Å². The molecule has 0 radical (unpaired) electrons. The molecule has 0 unspecified atom stereocenters. The van der Waals surface area contributed by atoms with Crippen LogP contribution in [0.1, 0.15) is 12.5 Å². The van der Waals surface area contributed by atoms with Crippen LogP contribution in [0.25, 0.3) is 23.0 Å². The molecule has 0 bridgehead atoms. The lowest BCUT2D eigenvalue weighted by Crippen LogP contribution is -2.29. The number of pyridine rings is 1. The molecule has 0 aliphatic carbocycles. The summed E-state index contributed by atoms with van der Waals surface area (Å²) in [5, 5.41) is 10.9. The molecule has 3 aromatic heterocycles. The second kappa shape index (κ2) is 8.48. The number of hydrogen-bond acceptors (Lipinski definition) is 7. The van der Waals surface area contributed by atoms with E-state index in [1.807, 2.05) is 25.1 Å². The second-order valence-corrected chi connectivity index (χ2v) is 6.48. The van der Waals surface area contributed by atoms with E-state index in [1.54, 1.807) is 30.6 Å². The summed E-state index contributed by atoms with van der Waals surface area (Å²) in [7, 11) is 0. The molecule has 4 rings (SSSR count). The van der Waals surface area contributed by atoms with Gasteiger partial charge >= 0.3 is 0 Å². The van der Waals surface area contributed by atoms with Crippen molar-refractivity contribution in [2.75, 3.05) is 5.32 Å². The molecule has 0 aliphatic rings. The average Bonchev–Trinajstić information content (AvgIpc) is 3.26. The molecule has 4 aromatic rings. The Morgan fingerprint density at radius 1 is 1.13 bits per heavy atom. The van der Waals surface area contributed by atoms with Crippen molar-refractivity contribution < 1.29 is 9.32 Å². The van der Waals surface area contributed by atoms with Crippen molar-refractivity contribution in [3.05, 3.63) is 76.8 Å². The predicted molar refractivity (Wildman–Crippen MR) is 109 cm³/mol. The van der Waals surface area contributed by atoms with Crippen molar-refractivity contribution in [3.63, 3.8) is 0 Å². The Labute approximate surface area is 171 Å². The highest BCUT2D eigenvalue weighted by molar-refractivity contribution is 5.90. The third-order valence-corrected chi connectivity index (χ3v) is 4.36. The molecule has 30 heavy (non-hydrogen) atoms. The van der Waals surface area contributed by atoms with Crippen molar-refractivity contribution in [3.8, 4) is 23.0 Å². The van der Waals surface area contributed by atoms with Gasteiger partial charge in [0.05, 0.1) is 0 Å². The maximum absolute atomic E-state index is 12.4. The highest BCUT2D eigenvalue weighted by Gasteiger charge is 2.14. The molecule has 0 spiro atoms. The minimum Gasteiger partial charge on any atom is -0.332 e. The number of hydrogen-bond donors (Lipinski definition) is 1. The van der Waals surface area contributed by atoms with Gasteiger partial charge in [-0.15, -0.1) is 0 Å². The first-order valence-corrected chi connectivity index (χ1v) is 9.34. The largest absolute Gasteiger partial charge is 0.332 e. The molecule has 1 amide bonds. The van der Waals surface area contributed by atoms with Crippen LogP contribution >= 0.6 is 0 Å². The molecule has 0 saturated carbocycles. The zero-order valence-corrected chi connectivity index (χ0v) is 16.1. The Balaban J connectivity index is 1.53. The maximum Gasteiger partial charge on any atom is 0.278 e. The summed E-state index contributed by atoms with van der Waals surface area (Å²) in [5.41, 5.74) is 2.39. The zero-order chi connectivity index (χ0) is 20.9. The molecule has 150 valence electrons. The molecule has 9 heteroatoms. The van der Waals surface area contributed by atoms with Crippen molar-refractivity contribution in [2.24, 2.45) is 0 Å². The van der Waals surface area contributed by atoms with Gasteiger partial charge in [-0.25, -0.2) is 4.68 Å². The molecule has 0 saturated heterocycles. The van der Waals surface area contributed by atoms with Gasteiger partial charge in [0.1, 0.15) is 12.2 Å². The van der Waals surface area contributed by atoms with E-state index in [1.165, 1.54) is 12.1 Å². The standard InChI is InChI=1S/C21H18N6O3/c1-2-14-4-3-5-16(12-14)23-18(28)13-27-19(29)7-6-17(25-27)21-24-20(26-30-21)15-8-10-22-11-9-15/h3-12H,2,13H2,1H3,(H,23,28). The van der Waals surface area contributed by atoms with Crippen LogP contribution in [0.4, 0.5) is 5.69 Å². The predicted octanol–water partition coefficient (Wildman–Crippen LogP) is 2.56. The SMILES string of the molecule is CCc1cccc(NC(=O)Cn2nc(-c3nc(-c4ccncc4)no3)ccc2=O)c1. The van der Waals surface area contributed by atoms with E-state index < -0.39 is 5.56 Å². The van der Waals surface area contributed by atoms with Crippen LogP contribution in [-0.2, 0) is 17.8 Å². The van der Waals surface area contributed by atoms with Crippen molar-refractivity contribution in [1.82, 2.24) is 24.9 Å². The maximum atomic E-state index is 12.4. The van der Waals surface area contributed by atoms with Gasteiger partial charge in [-0.1, -0.05) is 24.2 Å². The number of carbonyl (C=O) groups is 1. The van der Waals surface area contributed by atoms with Gasteiger partial charge in [0.15, 0.2) is 0 Å². The van der Waals surface area contributed by atoms with Crippen molar-refractivity contribution in [2.45, 2.75) is 19.9 Å². The Bertz CT molecular complexity index is 1230. The van der Waals surface area contributed by atoms with Crippen LogP contribution in [0.3, 0.4) is 0 Å². The first-order chi connectivity index (χ1) is 14.6. The zero-order valence-electron chi connectivity index (χ0n) is 16.1. The number of anilines is 1. The smallest absolute Gasteiger partial charge is 0.278 e. The summed E-state index contributed by atoms with van der Waals surface area (Å²) >= 11 is 0. The van der Waals surface area contributed by atoms with E-state index in [2.05, 4.69) is 25.5 Å². The number of benzene rings is 1. The van der Waals surface area contributed by atoms with Crippen LogP contribution in [0, 0.1) is 0 Å².